The minimum Gasteiger partial charge on any atom is -0.497 e. The van der Waals surface area contributed by atoms with Crippen LogP contribution in [0.5, 0.6) is 5.75 Å². The number of azo groups is 1. The molecule has 0 saturated heterocycles. The quantitative estimate of drug-likeness (QED) is 0.559. The predicted octanol–water partition coefficient (Wildman–Crippen LogP) is 5.84. The van der Waals surface area contributed by atoms with E-state index in [0.717, 1.165) is 22.7 Å². The second-order valence-corrected chi connectivity index (χ2v) is 6.33. The van der Waals surface area contributed by atoms with Crippen molar-refractivity contribution in [2.75, 3.05) is 7.11 Å². The van der Waals surface area contributed by atoms with Gasteiger partial charge in [-0.1, -0.05) is 25.4 Å². The number of fused-ring (bicyclic) bond motifs is 1. The average Bonchev–Trinajstić information content (AvgIpc) is 2.92. The van der Waals surface area contributed by atoms with Crippen molar-refractivity contribution in [2.45, 2.75) is 26.7 Å². The molecular weight excluding hydrogens is 324 g/mol. The first-order valence-electron chi connectivity index (χ1n) is 7.73. The summed E-state index contributed by atoms with van der Waals surface area (Å²) in [5, 5.41) is 9.29. The zero-order valence-corrected chi connectivity index (χ0v) is 14.9. The maximum atomic E-state index is 6.20. The Morgan fingerprint density at radius 3 is 2.67 bits per heavy atom. The normalized spacial score (nSPS) is 11.8. The number of ether oxygens (including phenoxy) is 1. The van der Waals surface area contributed by atoms with Crippen LogP contribution in [0.15, 0.2) is 46.8 Å². The number of aryl methyl sites for hydroxylation is 1. The van der Waals surface area contributed by atoms with Crippen LogP contribution in [0.4, 0.5) is 11.5 Å². The Morgan fingerprint density at radius 2 is 1.96 bits per heavy atom. The van der Waals surface area contributed by atoms with Gasteiger partial charge in [0.1, 0.15) is 17.1 Å². The van der Waals surface area contributed by atoms with Crippen LogP contribution in [0.3, 0.4) is 0 Å². The summed E-state index contributed by atoms with van der Waals surface area (Å²) < 4.78 is 7.16. The number of pyridine rings is 1. The van der Waals surface area contributed by atoms with Gasteiger partial charge in [0, 0.05) is 12.3 Å². The summed E-state index contributed by atoms with van der Waals surface area (Å²) in [7, 11) is 1.60. The molecule has 0 aliphatic heterocycles. The van der Waals surface area contributed by atoms with Gasteiger partial charge in [0.15, 0.2) is 5.82 Å². The number of benzene rings is 1. The van der Waals surface area contributed by atoms with Gasteiger partial charge < -0.3 is 4.74 Å². The average molecular weight is 343 g/mol. The zero-order valence-electron chi connectivity index (χ0n) is 14.1. The Labute approximate surface area is 146 Å². The molecule has 0 aliphatic carbocycles. The highest BCUT2D eigenvalue weighted by Gasteiger charge is 2.15. The second-order valence-electron chi connectivity index (χ2n) is 5.92. The molecule has 0 N–H and O–H groups in total. The van der Waals surface area contributed by atoms with Crippen LogP contribution in [0, 0.1) is 6.92 Å². The van der Waals surface area contributed by atoms with Crippen LogP contribution < -0.4 is 4.74 Å². The summed E-state index contributed by atoms with van der Waals surface area (Å²) >= 11 is 6.20. The first-order valence-corrected chi connectivity index (χ1v) is 8.11. The van der Waals surface area contributed by atoms with Crippen molar-refractivity contribution >= 4 is 28.8 Å². The van der Waals surface area contributed by atoms with E-state index >= 15 is 0 Å². The topological polar surface area (TPSA) is 51.2 Å². The first-order chi connectivity index (χ1) is 11.5. The fourth-order valence-corrected chi connectivity index (χ4v) is 2.59. The van der Waals surface area contributed by atoms with Crippen molar-refractivity contribution in [3.8, 4) is 5.75 Å². The van der Waals surface area contributed by atoms with Gasteiger partial charge in [-0.2, -0.15) is 0 Å². The van der Waals surface area contributed by atoms with Gasteiger partial charge in [0.05, 0.1) is 17.8 Å². The Bertz CT molecular complexity index is 915. The molecular formula is C18H19ClN4O. The molecule has 0 saturated carbocycles. The molecule has 0 bridgehead atoms. The van der Waals surface area contributed by atoms with E-state index < -0.39 is 0 Å². The lowest BCUT2D eigenvalue weighted by Crippen LogP contribution is -1.87. The third kappa shape index (κ3) is 3.12. The fraction of sp³-hybridized carbons (Fsp3) is 0.278. The number of aromatic nitrogens is 2. The molecule has 0 spiro atoms. The fourth-order valence-electron chi connectivity index (χ4n) is 2.44. The standard InChI is InChI=1S/C18H19ClN4O/c1-11(2)17-18(23-8-7-12(3)9-16(23)20-17)22-21-15-10-13(24-4)5-6-14(15)19/h5-11H,1-4H3. The molecule has 0 fully saturated rings. The smallest absolute Gasteiger partial charge is 0.183 e. The van der Waals surface area contributed by atoms with E-state index in [1.807, 2.05) is 29.7 Å². The van der Waals surface area contributed by atoms with Crippen LogP contribution in [0.1, 0.15) is 31.0 Å². The van der Waals surface area contributed by atoms with E-state index in [0.29, 0.717) is 16.5 Å². The Hall–Kier alpha value is -2.40. The molecule has 1 aromatic carbocycles. The molecule has 6 heteroatoms. The minimum absolute atomic E-state index is 0.236. The number of methoxy groups -OCH3 is 1. The molecule has 24 heavy (non-hydrogen) atoms. The third-order valence-corrected chi connectivity index (χ3v) is 4.05. The third-order valence-electron chi connectivity index (χ3n) is 3.74. The van der Waals surface area contributed by atoms with Crippen molar-refractivity contribution < 1.29 is 4.74 Å². The second kappa shape index (κ2) is 6.61. The SMILES string of the molecule is COc1ccc(Cl)c(N=Nc2c(C(C)C)nc3cc(C)ccn23)c1. The van der Waals surface area contributed by atoms with E-state index in [2.05, 4.69) is 24.1 Å². The molecule has 0 atom stereocenters. The summed E-state index contributed by atoms with van der Waals surface area (Å²) in [5.41, 5.74) is 3.49. The van der Waals surface area contributed by atoms with Gasteiger partial charge in [-0.15, -0.1) is 10.2 Å². The summed E-state index contributed by atoms with van der Waals surface area (Å²) in [4.78, 5) is 4.69. The first kappa shape index (κ1) is 16.5. The highest BCUT2D eigenvalue weighted by atomic mass is 35.5. The van der Waals surface area contributed by atoms with Crippen LogP contribution in [-0.4, -0.2) is 16.5 Å². The number of imidazole rings is 1. The summed E-state index contributed by atoms with van der Waals surface area (Å²) in [6, 6.07) is 9.35. The van der Waals surface area contributed by atoms with Gasteiger partial charge in [0.25, 0.3) is 0 Å². The van der Waals surface area contributed by atoms with Crippen LogP contribution >= 0.6 is 11.6 Å². The van der Waals surface area contributed by atoms with E-state index in [-0.39, 0.29) is 5.92 Å². The summed E-state index contributed by atoms with van der Waals surface area (Å²) in [6.45, 7) is 6.22. The Kier molecular flexibility index (Phi) is 4.53. The van der Waals surface area contributed by atoms with Crippen molar-refractivity contribution in [3.63, 3.8) is 0 Å². The van der Waals surface area contributed by atoms with Gasteiger partial charge in [-0.25, -0.2) is 4.98 Å². The highest BCUT2D eigenvalue weighted by Crippen LogP contribution is 2.33. The molecule has 0 unspecified atom stereocenters. The molecule has 2 aromatic heterocycles. The highest BCUT2D eigenvalue weighted by molar-refractivity contribution is 6.33. The number of rotatable bonds is 4. The molecule has 3 rings (SSSR count). The van der Waals surface area contributed by atoms with Crippen LogP contribution in [0.2, 0.25) is 5.02 Å². The summed E-state index contributed by atoms with van der Waals surface area (Å²) in [6.07, 6.45) is 1.96. The van der Waals surface area contributed by atoms with Crippen LogP contribution in [-0.2, 0) is 0 Å². The van der Waals surface area contributed by atoms with Crippen molar-refractivity contribution in [2.24, 2.45) is 10.2 Å². The van der Waals surface area contributed by atoms with Gasteiger partial charge in [0.2, 0.25) is 0 Å². The van der Waals surface area contributed by atoms with E-state index in [9.17, 15) is 0 Å². The van der Waals surface area contributed by atoms with Gasteiger partial charge in [-0.05, 0) is 42.7 Å². The predicted molar refractivity (Wildman–Crippen MR) is 96.2 cm³/mol. The minimum atomic E-state index is 0.236. The van der Waals surface area contributed by atoms with Crippen molar-refractivity contribution in [1.29, 1.82) is 0 Å². The van der Waals surface area contributed by atoms with Gasteiger partial charge >= 0.3 is 0 Å². The maximum absolute atomic E-state index is 6.20. The van der Waals surface area contributed by atoms with Gasteiger partial charge in [-0.3, -0.25) is 4.40 Å². The Morgan fingerprint density at radius 1 is 1.17 bits per heavy atom. The van der Waals surface area contributed by atoms with Crippen molar-refractivity contribution in [3.05, 3.63) is 52.8 Å². The number of hydrogen-bond donors (Lipinski definition) is 0. The maximum Gasteiger partial charge on any atom is 0.183 e. The number of hydrogen-bond acceptors (Lipinski definition) is 4. The molecule has 2 heterocycles. The van der Waals surface area contributed by atoms with E-state index in [1.165, 1.54) is 0 Å². The number of nitrogens with zero attached hydrogens (tertiary/aromatic N) is 4. The molecule has 0 amide bonds. The lowest BCUT2D eigenvalue weighted by molar-refractivity contribution is 0.415. The zero-order chi connectivity index (χ0) is 17.3. The summed E-state index contributed by atoms with van der Waals surface area (Å²) in [5.74, 6) is 1.64. The lowest BCUT2D eigenvalue weighted by Gasteiger charge is -2.03. The molecule has 3 aromatic rings. The molecule has 5 nitrogen and oxygen atoms in total. The molecule has 0 aliphatic rings. The van der Waals surface area contributed by atoms with E-state index in [4.69, 9.17) is 21.3 Å². The van der Waals surface area contributed by atoms with Crippen molar-refractivity contribution in [1.82, 2.24) is 9.38 Å². The lowest BCUT2D eigenvalue weighted by atomic mass is 10.1. The largest absolute Gasteiger partial charge is 0.497 e. The van der Waals surface area contributed by atoms with Crippen LogP contribution in [0.25, 0.3) is 5.65 Å². The molecule has 124 valence electrons. The molecule has 0 radical (unpaired) electrons. The van der Waals surface area contributed by atoms with E-state index in [1.54, 1.807) is 25.3 Å². The monoisotopic (exact) mass is 342 g/mol. The number of halogens is 1. The Balaban J connectivity index is 2.10.